The Bertz CT molecular complexity index is 1840. The number of anilines is 2. The topological polar surface area (TPSA) is 122 Å². The summed E-state index contributed by atoms with van der Waals surface area (Å²) in [6.45, 7) is 6.29. The number of carboxylic acid groups (broad SMARTS) is 1. The lowest BCUT2D eigenvalue weighted by atomic mass is 9.86. The van der Waals surface area contributed by atoms with E-state index in [1.165, 1.54) is 0 Å². The second kappa shape index (κ2) is 13.5. The fourth-order valence-corrected chi connectivity index (χ4v) is 5.15. The maximum Gasteiger partial charge on any atom is 0.326 e. The Kier molecular flexibility index (Phi) is 9.33. The fraction of sp³-hybridized carbons (Fsp3) is 0.154. The van der Waals surface area contributed by atoms with Crippen LogP contribution in [0.4, 0.5) is 11.4 Å². The molecule has 0 unspecified atom stereocenters. The second-order valence-electron chi connectivity index (χ2n) is 12.3. The molecule has 7 nitrogen and oxygen atoms in total. The maximum absolute atomic E-state index is 13.8. The van der Waals surface area contributed by atoms with Crippen molar-refractivity contribution >= 4 is 29.2 Å². The Morgan fingerprint density at radius 2 is 1.26 bits per heavy atom. The van der Waals surface area contributed by atoms with Gasteiger partial charge in [0.2, 0.25) is 0 Å². The molecule has 5 aromatic carbocycles. The Morgan fingerprint density at radius 1 is 0.696 bits per heavy atom. The molecule has 0 saturated heterocycles. The highest BCUT2D eigenvalue weighted by Gasteiger charge is 2.24. The molecule has 7 heteroatoms. The summed E-state index contributed by atoms with van der Waals surface area (Å²) in [5, 5.41) is 15.6. The van der Waals surface area contributed by atoms with Gasteiger partial charge in [-0.2, -0.15) is 0 Å². The van der Waals surface area contributed by atoms with E-state index in [0.717, 1.165) is 27.8 Å². The maximum atomic E-state index is 13.8. The van der Waals surface area contributed by atoms with Crippen molar-refractivity contribution in [2.24, 2.45) is 0 Å². The van der Waals surface area contributed by atoms with Gasteiger partial charge < -0.3 is 21.5 Å². The van der Waals surface area contributed by atoms with Crippen molar-refractivity contribution in [1.82, 2.24) is 5.32 Å². The highest BCUT2D eigenvalue weighted by molar-refractivity contribution is 6.10. The predicted molar refractivity (Wildman–Crippen MR) is 184 cm³/mol. The van der Waals surface area contributed by atoms with E-state index < -0.39 is 17.9 Å². The zero-order valence-electron chi connectivity index (χ0n) is 26.1. The number of benzene rings is 5. The first-order chi connectivity index (χ1) is 22.0. The van der Waals surface area contributed by atoms with Crippen LogP contribution in [0.2, 0.25) is 0 Å². The quantitative estimate of drug-likeness (QED) is 0.128. The number of aliphatic carboxylic acids is 1. The number of carbonyl (C=O) groups excluding carboxylic acids is 2. The molecule has 5 aromatic rings. The molecule has 0 aliphatic rings. The van der Waals surface area contributed by atoms with Crippen LogP contribution in [0.5, 0.6) is 0 Å². The Morgan fingerprint density at radius 3 is 1.87 bits per heavy atom. The lowest BCUT2D eigenvalue weighted by molar-refractivity contribution is -0.139. The highest BCUT2D eigenvalue weighted by atomic mass is 16.4. The van der Waals surface area contributed by atoms with Crippen LogP contribution in [0.15, 0.2) is 121 Å². The van der Waals surface area contributed by atoms with Gasteiger partial charge in [-0.25, -0.2) is 4.79 Å². The van der Waals surface area contributed by atoms with Crippen molar-refractivity contribution in [2.45, 2.75) is 38.6 Å². The summed E-state index contributed by atoms with van der Waals surface area (Å²) in [6.07, 6.45) is 0.0790. The summed E-state index contributed by atoms with van der Waals surface area (Å²) in [5.74, 6) is -2.17. The molecule has 0 saturated carbocycles. The lowest BCUT2D eigenvalue weighted by Gasteiger charge is -2.19. The van der Waals surface area contributed by atoms with Gasteiger partial charge in [0.05, 0.1) is 11.3 Å². The van der Waals surface area contributed by atoms with Crippen LogP contribution in [0.3, 0.4) is 0 Å². The second-order valence-corrected chi connectivity index (χ2v) is 12.3. The molecule has 0 radical (unpaired) electrons. The monoisotopic (exact) mass is 611 g/mol. The predicted octanol–water partition coefficient (Wildman–Crippen LogP) is 7.58. The third-order valence-electron chi connectivity index (χ3n) is 7.87. The van der Waals surface area contributed by atoms with Gasteiger partial charge in [0.1, 0.15) is 6.04 Å². The van der Waals surface area contributed by atoms with Crippen LogP contribution in [0, 0.1) is 0 Å². The fourth-order valence-electron chi connectivity index (χ4n) is 5.15. The molecule has 232 valence electrons. The molecule has 46 heavy (non-hydrogen) atoms. The number of nitrogens with two attached hydrogens (primary N) is 1. The summed E-state index contributed by atoms with van der Waals surface area (Å²) in [7, 11) is 0. The molecule has 0 spiro atoms. The van der Waals surface area contributed by atoms with Crippen molar-refractivity contribution in [3.05, 3.63) is 144 Å². The zero-order chi connectivity index (χ0) is 32.8. The van der Waals surface area contributed by atoms with Gasteiger partial charge in [0.25, 0.3) is 11.8 Å². The number of nitrogen functional groups attached to an aromatic ring is 1. The van der Waals surface area contributed by atoms with Gasteiger partial charge in [-0.15, -0.1) is 0 Å². The largest absolute Gasteiger partial charge is 0.480 e. The molecule has 2 amide bonds. The number of carboxylic acids is 1. The minimum absolute atomic E-state index is 0.0667. The van der Waals surface area contributed by atoms with Crippen LogP contribution >= 0.6 is 0 Å². The number of carbonyl (C=O) groups is 3. The molecule has 1 atom stereocenters. The molecule has 0 aromatic heterocycles. The summed E-state index contributed by atoms with van der Waals surface area (Å²) in [5.41, 5.74) is 12.7. The number of rotatable bonds is 9. The SMILES string of the molecule is CC(C)(C)c1ccc(C(=O)Nc2ccc(-c3ccc(N)cc3)cc2C(=O)N[C@@H](Cc2ccc(-c3ccccc3)cc2)C(=O)O)cc1. The smallest absolute Gasteiger partial charge is 0.326 e. The average Bonchev–Trinajstić information content (AvgIpc) is 3.05. The zero-order valence-corrected chi connectivity index (χ0v) is 26.1. The van der Waals surface area contributed by atoms with Gasteiger partial charge >= 0.3 is 5.97 Å². The van der Waals surface area contributed by atoms with E-state index in [-0.39, 0.29) is 29.0 Å². The first kappa shape index (κ1) is 31.7. The van der Waals surface area contributed by atoms with E-state index in [2.05, 4.69) is 31.4 Å². The van der Waals surface area contributed by atoms with Crippen molar-refractivity contribution in [3.63, 3.8) is 0 Å². The molecule has 0 aliphatic heterocycles. The molecule has 0 bridgehead atoms. The van der Waals surface area contributed by atoms with Gasteiger partial charge in [-0.1, -0.05) is 106 Å². The van der Waals surface area contributed by atoms with Crippen LogP contribution in [-0.4, -0.2) is 28.9 Å². The van der Waals surface area contributed by atoms with Crippen LogP contribution in [-0.2, 0) is 16.6 Å². The molecule has 0 heterocycles. The van der Waals surface area contributed by atoms with Crippen molar-refractivity contribution in [3.8, 4) is 22.3 Å². The summed E-state index contributed by atoms with van der Waals surface area (Å²) >= 11 is 0. The molecule has 0 fully saturated rings. The molecule has 5 N–H and O–H groups in total. The minimum Gasteiger partial charge on any atom is -0.480 e. The first-order valence-electron chi connectivity index (χ1n) is 15.1. The van der Waals surface area contributed by atoms with Gasteiger partial charge in [-0.3, -0.25) is 9.59 Å². The summed E-state index contributed by atoms with van der Waals surface area (Å²) in [4.78, 5) is 39.4. The van der Waals surface area contributed by atoms with E-state index in [9.17, 15) is 19.5 Å². The van der Waals surface area contributed by atoms with Crippen molar-refractivity contribution in [1.29, 1.82) is 0 Å². The van der Waals surface area contributed by atoms with Gasteiger partial charge in [-0.05, 0) is 75.2 Å². The van der Waals surface area contributed by atoms with Crippen molar-refractivity contribution < 1.29 is 19.5 Å². The molecular formula is C39H37N3O4. The average molecular weight is 612 g/mol. The Labute approximate surface area is 269 Å². The minimum atomic E-state index is -1.20. The third-order valence-corrected chi connectivity index (χ3v) is 7.87. The van der Waals surface area contributed by atoms with E-state index in [0.29, 0.717) is 16.8 Å². The number of nitrogens with one attached hydrogen (secondary N) is 2. The molecule has 5 rings (SSSR count). The van der Waals surface area contributed by atoms with Crippen molar-refractivity contribution in [2.75, 3.05) is 11.1 Å². The Balaban J connectivity index is 1.41. The number of amides is 2. The van der Waals surface area contributed by atoms with Crippen LogP contribution < -0.4 is 16.4 Å². The number of hydrogen-bond donors (Lipinski definition) is 4. The molecular weight excluding hydrogens is 574 g/mol. The first-order valence-corrected chi connectivity index (χ1v) is 15.1. The van der Waals surface area contributed by atoms with Gasteiger partial charge in [0, 0.05) is 17.7 Å². The van der Waals surface area contributed by atoms with E-state index in [1.54, 1.807) is 42.5 Å². The van der Waals surface area contributed by atoms with E-state index in [4.69, 9.17) is 5.73 Å². The third kappa shape index (κ3) is 7.68. The van der Waals surface area contributed by atoms with E-state index in [1.807, 2.05) is 78.9 Å². The Hall–Kier alpha value is -5.69. The molecule has 0 aliphatic carbocycles. The van der Waals surface area contributed by atoms with Gasteiger partial charge in [0.15, 0.2) is 0 Å². The number of hydrogen-bond acceptors (Lipinski definition) is 4. The van der Waals surface area contributed by atoms with E-state index >= 15 is 0 Å². The van der Waals surface area contributed by atoms with Crippen LogP contribution in [0.25, 0.3) is 22.3 Å². The standard InChI is InChI=1S/C39H37N3O4/c1-39(2,3)31-18-13-29(14-19-31)36(43)41-34-22-17-30(28-15-20-32(40)21-16-28)24-33(34)37(44)42-35(38(45)46)23-25-9-11-27(12-10-25)26-7-5-4-6-8-26/h4-22,24,35H,23,40H2,1-3H3,(H,41,43)(H,42,44)(H,45,46)/t35-/m0/s1. The normalized spacial score (nSPS) is 11.8. The highest BCUT2D eigenvalue weighted by Crippen LogP contribution is 2.28. The van der Waals surface area contributed by atoms with Crippen LogP contribution in [0.1, 0.15) is 52.6 Å². The summed E-state index contributed by atoms with van der Waals surface area (Å²) < 4.78 is 0. The summed E-state index contributed by atoms with van der Waals surface area (Å²) in [6, 6.07) is 35.9. The lowest BCUT2D eigenvalue weighted by Crippen LogP contribution is -2.42.